The number of carbonyl (C=O) groups is 2. The predicted molar refractivity (Wildman–Crippen MR) is 84.8 cm³/mol. The van der Waals surface area contributed by atoms with Gasteiger partial charge in [-0.15, -0.1) is 0 Å². The van der Waals surface area contributed by atoms with Gasteiger partial charge in [0.05, 0.1) is 24.6 Å². The number of amides is 1. The van der Waals surface area contributed by atoms with Crippen molar-refractivity contribution in [3.63, 3.8) is 0 Å². The number of alkyl carbamates (subject to hydrolysis) is 1. The summed E-state index contributed by atoms with van der Waals surface area (Å²) >= 11 is 0. The van der Waals surface area contributed by atoms with Crippen LogP contribution in [0, 0.1) is 0 Å². The van der Waals surface area contributed by atoms with E-state index in [0.29, 0.717) is 5.56 Å². The summed E-state index contributed by atoms with van der Waals surface area (Å²) < 4.78 is 48.0. The van der Waals surface area contributed by atoms with Crippen molar-refractivity contribution in [3.05, 3.63) is 35.4 Å². The predicted octanol–water partition coefficient (Wildman–Crippen LogP) is 4.22. The van der Waals surface area contributed by atoms with Gasteiger partial charge in [-0.05, 0) is 45.4 Å². The van der Waals surface area contributed by atoms with Crippen LogP contribution in [-0.2, 0) is 20.4 Å². The SMILES string of the molecule is CCOC(=O)C[C@H](NC(=O)OC(C)(C)C)c1ccc(C(F)(F)F)cc1. The molecule has 0 saturated heterocycles. The molecule has 25 heavy (non-hydrogen) atoms. The summed E-state index contributed by atoms with van der Waals surface area (Å²) in [6.07, 6.45) is -5.46. The summed E-state index contributed by atoms with van der Waals surface area (Å²) in [4.78, 5) is 23.7. The van der Waals surface area contributed by atoms with E-state index < -0.39 is 35.4 Å². The summed E-state index contributed by atoms with van der Waals surface area (Å²) in [7, 11) is 0. The molecular formula is C17H22F3NO4. The number of ether oxygens (including phenoxy) is 2. The highest BCUT2D eigenvalue weighted by Crippen LogP contribution is 2.30. The third kappa shape index (κ3) is 7.45. The van der Waals surface area contributed by atoms with Gasteiger partial charge in [0.25, 0.3) is 0 Å². The van der Waals surface area contributed by atoms with Crippen LogP contribution in [0.3, 0.4) is 0 Å². The van der Waals surface area contributed by atoms with Gasteiger partial charge in [0.2, 0.25) is 0 Å². The van der Waals surface area contributed by atoms with Crippen LogP contribution < -0.4 is 5.32 Å². The average molecular weight is 361 g/mol. The van der Waals surface area contributed by atoms with Crippen LogP contribution in [0.5, 0.6) is 0 Å². The molecule has 0 bridgehead atoms. The van der Waals surface area contributed by atoms with Crippen LogP contribution >= 0.6 is 0 Å². The van der Waals surface area contributed by atoms with Gasteiger partial charge in [-0.2, -0.15) is 13.2 Å². The number of nitrogens with one attached hydrogen (secondary N) is 1. The molecular weight excluding hydrogens is 339 g/mol. The van der Waals surface area contributed by atoms with Crippen molar-refractivity contribution in [1.82, 2.24) is 5.32 Å². The number of alkyl halides is 3. The number of halogens is 3. The fraction of sp³-hybridized carbons (Fsp3) is 0.529. The zero-order chi connectivity index (χ0) is 19.3. The normalized spacial score (nSPS) is 13.1. The van der Waals surface area contributed by atoms with Crippen LogP contribution in [0.2, 0.25) is 0 Å². The molecule has 0 saturated carbocycles. The van der Waals surface area contributed by atoms with Gasteiger partial charge in [0, 0.05) is 0 Å². The molecule has 5 nitrogen and oxygen atoms in total. The monoisotopic (exact) mass is 361 g/mol. The standard InChI is InChI=1S/C17H22F3NO4/c1-5-24-14(22)10-13(21-15(23)25-16(2,3)4)11-6-8-12(9-7-11)17(18,19)20/h6-9,13H,5,10H2,1-4H3,(H,21,23)/t13-/m0/s1. The molecule has 8 heteroatoms. The lowest BCUT2D eigenvalue weighted by Crippen LogP contribution is -2.36. The Hall–Kier alpha value is -2.25. The van der Waals surface area contributed by atoms with Gasteiger partial charge in [0.1, 0.15) is 5.60 Å². The third-order valence-electron chi connectivity index (χ3n) is 3.01. The molecule has 1 rings (SSSR count). The molecule has 0 aliphatic carbocycles. The number of rotatable bonds is 5. The Kier molecular flexibility index (Phi) is 6.84. The Balaban J connectivity index is 2.97. The second-order valence-electron chi connectivity index (χ2n) is 6.33. The first-order chi connectivity index (χ1) is 11.4. The van der Waals surface area contributed by atoms with E-state index >= 15 is 0 Å². The second-order valence-corrected chi connectivity index (χ2v) is 6.33. The van der Waals surface area contributed by atoms with E-state index in [-0.39, 0.29) is 13.0 Å². The van der Waals surface area contributed by atoms with Crippen molar-refractivity contribution in [2.45, 2.75) is 51.9 Å². The van der Waals surface area contributed by atoms with Gasteiger partial charge < -0.3 is 14.8 Å². The van der Waals surface area contributed by atoms with E-state index in [2.05, 4.69) is 5.32 Å². The Bertz CT molecular complexity index is 591. The summed E-state index contributed by atoms with van der Waals surface area (Å²) in [5, 5.41) is 2.49. The number of benzene rings is 1. The lowest BCUT2D eigenvalue weighted by atomic mass is 10.0. The molecule has 1 aromatic carbocycles. The van der Waals surface area contributed by atoms with E-state index in [1.807, 2.05) is 0 Å². The van der Waals surface area contributed by atoms with Gasteiger partial charge in [-0.3, -0.25) is 4.79 Å². The summed E-state index contributed by atoms with van der Waals surface area (Å²) in [5.41, 5.74) is -1.23. The zero-order valence-electron chi connectivity index (χ0n) is 14.6. The number of hydrogen-bond donors (Lipinski definition) is 1. The van der Waals surface area contributed by atoms with Gasteiger partial charge in [-0.25, -0.2) is 4.79 Å². The molecule has 0 spiro atoms. The Labute approximate surface area is 144 Å². The van der Waals surface area contributed by atoms with Crippen LogP contribution in [0.4, 0.5) is 18.0 Å². The van der Waals surface area contributed by atoms with Crippen LogP contribution in [0.25, 0.3) is 0 Å². The van der Waals surface area contributed by atoms with Crippen molar-refractivity contribution in [1.29, 1.82) is 0 Å². The van der Waals surface area contributed by atoms with E-state index in [9.17, 15) is 22.8 Å². The Morgan fingerprint density at radius 1 is 1.12 bits per heavy atom. The quantitative estimate of drug-likeness (QED) is 0.798. The first kappa shape index (κ1) is 20.8. The summed E-state index contributed by atoms with van der Waals surface area (Å²) in [5.74, 6) is -0.580. The molecule has 0 aliphatic rings. The second kappa shape index (κ2) is 8.22. The highest BCUT2D eigenvalue weighted by molar-refractivity contribution is 5.73. The van der Waals surface area contributed by atoms with Crippen LogP contribution in [-0.4, -0.2) is 24.3 Å². The minimum atomic E-state index is -4.46. The first-order valence-corrected chi connectivity index (χ1v) is 7.74. The molecule has 0 aromatic heterocycles. The fourth-order valence-electron chi connectivity index (χ4n) is 1.99. The first-order valence-electron chi connectivity index (χ1n) is 7.74. The molecule has 1 aromatic rings. The molecule has 0 heterocycles. The Morgan fingerprint density at radius 3 is 2.12 bits per heavy atom. The largest absolute Gasteiger partial charge is 0.466 e. The number of esters is 1. The van der Waals surface area contributed by atoms with Gasteiger partial charge in [0.15, 0.2) is 0 Å². The number of carbonyl (C=O) groups excluding carboxylic acids is 2. The molecule has 1 N–H and O–H groups in total. The lowest BCUT2D eigenvalue weighted by Gasteiger charge is -2.23. The van der Waals surface area contributed by atoms with Crippen LogP contribution in [0.15, 0.2) is 24.3 Å². The van der Waals surface area contributed by atoms with Gasteiger partial charge in [-0.1, -0.05) is 12.1 Å². The van der Waals surface area contributed by atoms with Crippen molar-refractivity contribution in [2.24, 2.45) is 0 Å². The highest BCUT2D eigenvalue weighted by Gasteiger charge is 2.31. The molecule has 0 aliphatic heterocycles. The Morgan fingerprint density at radius 2 is 1.68 bits per heavy atom. The minimum absolute atomic E-state index is 0.158. The van der Waals surface area contributed by atoms with E-state index in [1.165, 1.54) is 12.1 Å². The fourth-order valence-corrected chi connectivity index (χ4v) is 1.99. The van der Waals surface area contributed by atoms with Crippen molar-refractivity contribution in [3.8, 4) is 0 Å². The minimum Gasteiger partial charge on any atom is -0.466 e. The molecule has 0 fully saturated rings. The summed E-state index contributed by atoms with van der Waals surface area (Å²) in [6.45, 7) is 6.80. The average Bonchev–Trinajstić information content (AvgIpc) is 2.44. The molecule has 0 unspecified atom stereocenters. The summed E-state index contributed by atoms with van der Waals surface area (Å²) in [6, 6.07) is 3.35. The van der Waals surface area contributed by atoms with Crippen LogP contribution in [0.1, 0.15) is 51.3 Å². The molecule has 1 amide bonds. The third-order valence-corrected chi connectivity index (χ3v) is 3.01. The maximum absolute atomic E-state index is 12.7. The maximum Gasteiger partial charge on any atom is 0.416 e. The van der Waals surface area contributed by atoms with Crippen molar-refractivity contribution < 1.29 is 32.2 Å². The van der Waals surface area contributed by atoms with E-state index in [1.54, 1.807) is 27.7 Å². The molecule has 0 radical (unpaired) electrons. The van der Waals surface area contributed by atoms with Crippen molar-refractivity contribution in [2.75, 3.05) is 6.61 Å². The smallest absolute Gasteiger partial charge is 0.416 e. The molecule has 140 valence electrons. The number of hydrogen-bond acceptors (Lipinski definition) is 4. The van der Waals surface area contributed by atoms with E-state index in [4.69, 9.17) is 9.47 Å². The topological polar surface area (TPSA) is 64.6 Å². The zero-order valence-corrected chi connectivity index (χ0v) is 14.6. The van der Waals surface area contributed by atoms with E-state index in [0.717, 1.165) is 12.1 Å². The lowest BCUT2D eigenvalue weighted by molar-refractivity contribution is -0.143. The maximum atomic E-state index is 12.7. The molecule has 1 atom stereocenters. The highest BCUT2D eigenvalue weighted by atomic mass is 19.4. The van der Waals surface area contributed by atoms with Gasteiger partial charge >= 0.3 is 18.2 Å². The van der Waals surface area contributed by atoms with Crippen molar-refractivity contribution >= 4 is 12.1 Å².